The second-order valence-corrected chi connectivity index (χ2v) is 5.36. The van der Waals surface area contributed by atoms with Gasteiger partial charge < -0.3 is 5.32 Å². The smallest absolute Gasteiger partial charge is 0.164 e. The number of Topliss-reactive ketones (excluding diaryl/α,β-unsaturated/α-hetero) is 1. The van der Waals surface area contributed by atoms with Gasteiger partial charge in [-0.2, -0.15) is 0 Å². The van der Waals surface area contributed by atoms with E-state index >= 15 is 0 Å². The Morgan fingerprint density at radius 2 is 2.06 bits per heavy atom. The number of rotatable bonds is 1. The van der Waals surface area contributed by atoms with E-state index in [1.165, 1.54) is 11.1 Å². The van der Waals surface area contributed by atoms with Crippen molar-refractivity contribution in [2.45, 2.75) is 38.0 Å². The third-order valence-corrected chi connectivity index (χ3v) is 4.42. The third kappa shape index (κ3) is 1.62. The molecule has 17 heavy (non-hydrogen) atoms. The molecule has 90 valence electrons. The predicted octanol–water partition coefficient (Wildman–Crippen LogP) is 2.46. The van der Waals surface area contributed by atoms with Gasteiger partial charge in [0.2, 0.25) is 0 Å². The molecule has 0 amide bonds. The first-order valence-electron chi connectivity index (χ1n) is 6.62. The summed E-state index contributed by atoms with van der Waals surface area (Å²) in [7, 11) is 0. The second kappa shape index (κ2) is 3.95. The minimum atomic E-state index is 0.157. The Kier molecular flexibility index (Phi) is 2.55. The van der Waals surface area contributed by atoms with Gasteiger partial charge in [-0.3, -0.25) is 4.79 Å². The highest BCUT2D eigenvalue weighted by atomic mass is 16.1. The summed E-state index contributed by atoms with van der Waals surface area (Å²) in [4.78, 5) is 12.2. The summed E-state index contributed by atoms with van der Waals surface area (Å²) in [6.07, 6.45) is 3.96. The van der Waals surface area contributed by atoms with E-state index in [-0.39, 0.29) is 5.41 Å². The van der Waals surface area contributed by atoms with Gasteiger partial charge in [0, 0.05) is 17.4 Å². The maximum atomic E-state index is 12.2. The van der Waals surface area contributed by atoms with Crippen molar-refractivity contribution in [3.8, 4) is 0 Å². The van der Waals surface area contributed by atoms with Crippen molar-refractivity contribution in [1.29, 1.82) is 0 Å². The van der Waals surface area contributed by atoms with Gasteiger partial charge >= 0.3 is 0 Å². The molecule has 0 saturated carbocycles. The van der Waals surface area contributed by atoms with E-state index in [0.29, 0.717) is 5.78 Å². The molecular weight excluding hydrogens is 210 g/mol. The van der Waals surface area contributed by atoms with Crippen LogP contribution in [0.1, 0.15) is 47.7 Å². The van der Waals surface area contributed by atoms with Crippen LogP contribution in [0.4, 0.5) is 0 Å². The molecule has 1 spiro atoms. The minimum absolute atomic E-state index is 0.157. The fourth-order valence-electron chi connectivity index (χ4n) is 3.35. The Balaban J connectivity index is 2.07. The Labute approximate surface area is 102 Å². The van der Waals surface area contributed by atoms with Crippen molar-refractivity contribution in [2.75, 3.05) is 13.1 Å². The van der Waals surface area contributed by atoms with Crippen LogP contribution in [-0.2, 0) is 11.8 Å². The summed E-state index contributed by atoms with van der Waals surface area (Å²) in [5.41, 5.74) is 3.76. The third-order valence-electron chi connectivity index (χ3n) is 4.42. The molecule has 1 aromatic carbocycles. The van der Waals surface area contributed by atoms with Crippen LogP contribution in [0, 0.1) is 0 Å². The molecule has 2 aliphatic rings. The van der Waals surface area contributed by atoms with Crippen molar-refractivity contribution in [1.82, 2.24) is 5.32 Å². The molecule has 2 nitrogen and oxygen atoms in total. The summed E-state index contributed by atoms with van der Waals surface area (Å²) in [5.74, 6) is 0.359. The lowest BCUT2D eigenvalue weighted by atomic mass is 9.74. The zero-order valence-electron chi connectivity index (χ0n) is 10.4. The van der Waals surface area contributed by atoms with Crippen LogP contribution in [-0.4, -0.2) is 18.9 Å². The van der Waals surface area contributed by atoms with Crippen molar-refractivity contribution in [2.24, 2.45) is 0 Å². The second-order valence-electron chi connectivity index (χ2n) is 5.36. The highest BCUT2D eigenvalue weighted by Crippen LogP contribution is 2.45. The summed E-state index contributed by atoms with van der Waals surface area (Å²) in [6, 6.07) is 6.53. The van der Waals surface area contributed by atoms with Gasteiger partial charge in [-0.05, 0) is 49.5 Å². The summed E-state index contributed by atoms with van der Waals surface area (Å²) in [6.45, 7) is 4.23. The van der Waals surface area contributed by atoms with Crippen LogP contribution in [0.2, 0.25) is 0 Å². The molecule has 0 atom stereocenters. The van der Waals surface area contributed by atoms with Crippen LogP contribution < -0.4 is 5.32 Å². The van der Waals surface area contributed by atoms with Crippen LogP contribution in [0.5, 0.6) is 0 Å². The summed E-state index contributed by atoms with van der Waals surface area (Å²) >= 11 is 0. The number of carbonyl (C=O) groups excluding carboxylic acids is 1. The van der Waals surface area contributed by atoms with E-state index in [1.807, 2.05) is 0 Å². The van der Waals surface area contributed by atoms with Crippen LogP contribution >= 0.6 is 0 Å². The Morgan fingerprint density at radius 1 is 1.29 bits per heavy atom. The van der Waals surface area contributed by atoms with Crippen LogP contribution in [0.3, 0.4) is 0 Å². The molecule has 1 N–H and O–H groups in total. The molecule has 0 radical (unpaired) electrons. The molecular formula is C15H19NO. The number of ketones is 1. The number of nitrogens with one attached hydrogen (secondary N) is 1. The average Bonchev–Trinajstić information content (AvgIpc) is 2.63. The van der Waals surface area contributed by atoms with Gasteiger partial charge in [-0.1, -0.05) is 19.1 Å². The quantitative estimate of drug-likeness (QED) is 0.801. The van der Waals surface area contributed by atoms with Gasteiger partial charge in [-0.25, -0.2) is 0 Å². The zero-order valence-corrected chi connectivity index (χ0v) is 10.4. The normalized spacial score (nSPS) is 21.8. The number of benzene rings is 1. The van der Waals surface area contributed by atoms with E-state index in [9.17, 15) is 4.79 Å². The lowest BCUT2D eigenvalue weighted by molar-refractivity contribution is 0.0964. The molecule has 1 saturated heterocycles. The van der Waals surface area contributed by atoms with Gasteiger partial charge in [0.05, 0.1) is 0 Å². The molecule has 1 aliphatic carbocycles. The topological polar surface area (TPSA) is 29.1 Å². The number of piperidine rings is 1. The molecule has 0 unspecified atom stereocenters. The van der Waals surface area contributed by atoms with Crippen molar-refractivity contribution >= 4 is 5.78 Å². The van der Waals surface area contributed by atoms with Crippen molar-refractivity contribution < 1.29 is 4.79 Å². The van der Waals surface area contributed by atoms with Crippen molar-refractivity contribution in [3.63, 3.8) is 0 Å². The first-order valence-corrected chi connectivity index (χ1v) is 6.62. The lowest BCUT2D eigenvalue weighted by Crippen LogP contribution is -2.38. The maximum Gasteiger partial charge on any atom is 0.164 e. The number of aryl methyl sites for hydroxylation is 1. The largest absolute Gasteiger partial charge is 0.317 e. The lowest BCUT2D eigenvalue weighted by Gasteiger charge is -2.34. The number of hydrogen-bond acceptors (Lipinski definition) is 2. The molecule has 0 aromatic heterocycles. The Hall–Kier alpha value is -1.15. The van der Waals surface area contributed by atoms with Gasteiger partial charge in [0.1, 0.15) is 0 Å². The van der Waals surface area contributed by atoms with Crippen LogP contribution in [0.25, 0.3) is 0 Å². The number of carbonyl (C=O) groups is 1. The molecule has 1 heterocycles. The van der Waals surface area contributed by atoms with E-state index in [0.717, 1.165) is 44.3 Å². The summed E-state index contributed by atoms with van der Waals surface area (Å²) in [5, 5.41) is 3.39. The molecule has 1 aromatic rings. The monoisotopic (exact) mass is 229 g/mol. The average molecular weight is 229 g/mol. The predicted molar refractivity (Wildman–Crippen MR) is 68.5 cm³/mol. The van der Waals surface area contributed by atoms with E-state index < -0.39 is 0 Å². The maximum absolute atomic E-state index is 12.2. The first-order chi connectivity index (χ1) is 8.25. The van der Waals surface area contributed by atoms with Gasteiger partial charge in [-0.15, -0.1) is 0 Å². The zero-order chi connectivity index (χ0) is 11.9. The highest BCUT2D eigenvalue weighted by molar-refractivity contribution is 6.02. The molecule has 1 aliphatic heterocycles. The Morgan fingerprint density at radius 3 is 2.76 bits per heavy atom. The SMILES string of the molecule is CCc1ccc2c(c1)C(=O)CC21CCNCC1. The van der Waals surface area contributed by atoms with E-state index in [2.05, 4.69) is 30.4 Å². The first kappa shape index (κ1) is 11.0. The van der Waals surface area contributed by atoms with Gasteiger partial charge in [0.25, 0.3) is 0 Å². The summed E-state index contributed by atoms with van der Waals surface area (Å²) < 4.78 is 0. The fraction of sp³-hybridized carbons (Fsp3) is 0.533. The van der Waals surface area contributed by atoms with Gasteiger partial charge in [0.15, 0.2) is 5.78 Å². The van der Waals surface area contributed by atoms with E-state index in [4.69, 9.17) is 0 Å². The van der Waals surface area contributed by atoms with E-state index in [1.54, 1.807) is 0 Å². The van der Waals surface area contributed by atoms with Crippen LogP contribution in [0.15, 0.2) is 18.2 Å². The molecule has 0 bridgehead atoms. The molecule has 3 rings (SSSR count). The molecule has 2 heteroatoms. The standard InChI is InChI=1S/C15H19NO/c1-2-11-3-4-13-12(9-11)14(17)10-15(13)5-7-16-8-6-15/h3-4,9,16H,2,5-8,10H2,1H3. The number of fused-ring (bicyclic) bond motifs is 2. The van der Waals surface area contributed by atoms with Crippen molar-refractivity contribution in [3.05, 3.63) is 34.9 Å². The molecule has 1 fully saturated rings. The number of hydrogen-bond donors (Lipinski definition) is 1. The highest BCUT2D eigenvalue weighted by Gasteiger charge is 2.43. The Bertz CT molecular complexity index is 458. The fourth-order valence-corrected chi connectivity index (χ4v) is 3.35. The minimum Gasteiger partial charge on any atom is -0.317 e.